The van der Waals surface area contributed by atoms with Crippen molar-refractivity contribution in [1.29, 1.82) is 0 Å². The summed E-state index contributed by atoms with van der Waals surface area (Å²) in [5.74, 6) is 2.35. The van der Waals surface area contributed by atoms with Crippen LogP contribution < -0.4 is 10.6 Å². The number of amides is 2. The first-order valence-electron chi connectivity index (χ1n) is 18.0. The Hall–Kier alpha value is -2.45. The Labute approximate surface area is 274 Å². The van der Waals surface area contributed by atoms with E-state index in [2.05, 4.69) is 48.4 Å². The molecule has 7 fully saturated rings. The minimum absolute atomic E-state index is 0.0170. The van der Waals surface area contributed by atoms with E-state index in [1.807, 2.05) is 36.4 Å². The van der Waals surface area contributed by atoms with Gasteiger partial charge < -0.3 is 25.2 Å². The molecule has 5 saturated carbocycles. The van der Waals surface area contributed by atoms with Crippen LogP contribution in [-0.2, 0) is 16.1 Å². The van der Waals surface area contributed by atoms with Gasteiger partial charge in [-0.05, 0) is 110 Å². The average Bonchev–Trinajstić information content (AvgIpc) is 3.23. The minimum atomic E-state index is -0.539. The lowest BCUT2D eigenvalue weighted by Crippen LogP contribution is -2.60. The second kappa shape index (κ2) is 11.6. The number of aliphatic hydroxyl groups excluding tert-OH is 1. The van der Waals surface area contributed by atoms with Crippen molar-refractivity contribution in [1.82, 2.24) is 10.2 Å². The zero-order valence-corrected chi connectivity index (χ0v) is 28.0. The molecule has 6 bridgehead atoms. The summed E-state index contributed by atoms with van der Waals surface area (Å²) in [6.07, 6.45) is 11.4. The van der Waals surface area contributed by atoms with Crippen molar-refractivity contribution in [2.24, 2.45) is 28.6 Å². The number of ether oxygens (including phenoxy) is 2. The molecule has 2 heterocycles. The van der Waals surface area contributed by atoms with Crippen LogP contribution in [0.2, 0.25) is 0 Å². The molecule has 2 amide bonds. The molecule has 5 aliphatic carbocycles. The van der Waals surface area contributed by atoms with E-state index in [-0.39, 0.29) is 30.4 Å². The Morgan fingerprint density at radius 1 is 0.891 bits per heavy atom. The molecule has 248 valence electrons. The molecule has 0 radical (unpaired) electrons. The van der Waals surface area contributed by atoms with Crippen LogP contribution in [0.3, 0.4) is 0 Å². The van der Waals surface area contributed by atoms with Crippen molar-refractivity contribution >= 4 is 11.7 Å². The molecule has 2 saturated heterocycles. The predicted octanol–water partition coefficient (Wildman–Crippen LogP) is 7.72. The predicted molar refractivity (Wildman–Crippen MR) is 179 cm³/mol. The summed E-state index contributed by atoms with van der Waals surface area (Å²) < 4.78 is 13.5. The SMILES string of the molecule is CC1(C)CC2CC(C)(CN2C[C@@H]2C[C@H](c3ccc(CO)cc3)O[C@H](c3cccc(NC(=O)NC45CC6CC(CC(C6)C4)C5)c3)O2)C1. The number of hydrogen-bond donors (Lipinski definition) is 3. The monoisotopic (exact) mass is 627 g/mol. The highest BCUT2D eigenvalue weighted by atomic mass is 16.7. The largest absolute Gasteiger partial charge is 0.392 e. The third-order valence-electron chi connectivity index (χ3n) is 12.4. The Bertz CT molecular complexity index is 1410. The number of anilines is 1. The number of fused-ring (bicyclic) bond motifs is 2. The van der Waals surface area contributed by atoms with Gasteiger partial charge in [-0.25, -0.2) is 4.79 Å². The van der Waals surface area contributed by atoms with E-state index in [1.54, 1.807) is 0 Å². The van der Waals surface area contributed by atoms with Crippen molar-refractivity contribution in [3.63, 3.8) is 0 Å². The number of carbonyl (C=O) groups excluding carboxylic acids is 1. The zero-order valence-electron chi connectivity index (χ0n) is 28.0. The Morgan fingerprint density at radius 3 is 2.30 bits per heavy atom. The molecule has 2 aliphatic heterocycles. The van der Waals surface area contributed by atoms with Gasteiger partial charge in [-0.15, -0.1) is 0 Å². The standard InChI is InChI=1S/C39H53N3O4/c1-37(2)19-32-20-38(3,23-37)24-42(32)21-33-15-34(29-9-7-25(22-43)8-10-29)46-35(45-33)30-5-4-6-31(14-30)40-36(44)41-39-16-26-11-27(17-39)13-28(12-26)18-39/h4-10,14,26-28,32-35,43H,11-13,15-24H2,1-3H3,(H2,40,41,44)/t26?,27?,28?,32?,33-,34+,35+,38?,39?/m0/s1. The van der Waals surface area contributed by atoms with Crippen molar-refractivity contribution in [3.8, 4) is 0 Å². The molecular formula is C39H53N3O4. The number of likely N-dealkylation sites (tertiary alicyclic amines) is 1. The van der Waals surface area contributed by atoms with Gasteiger partial charge in [0, 0.05) is 42.3 Å². The smallest absolute Gasteiger partial charge is 0.319 e. The number of nitrogens with zero attached hydrogens (tertiary/aromatic N) is 1. The van der Waals surface area contributed by atoms with Crippen LogP contribution in [0, 0.1) is 28.6 Å². The Balaban J connectivity index is 0.988. The first kappa shape index (κ1) is 30.9. The van der Waals surface area contributed by atoms with E-state index in [9.17, 15) is 9.90 Å². The second-order valence-corrected chi connectivity index (χ2v) is 17.4. The number of nitrogens with one attached hydrogen (secondary N) is 2. The van der Waals surface area contributed by atoms with Crippen LogP contribution in [-0.4, -0.2) is 46.8 Å². The highest BCUT2D eigenvalue weighted by Crippen LogP contribution is 2.56. The van der Waals surface area contributed by atoms with Crippen LogP contribution in [0.4, 0.5) is 10.5 Å². The van der Waals surface area contributed by atoms with Crippen LogP contribution in [0.1, 0.15) is 114 Å². The Morgan fingerprint density at radius 2 is 1.61 bits per heavy atom. The third kappa shape index (κ3) is 6.25. The average molecular weight is 628 g/mol. The molecule has 7 heteroatoms. The molecule has 2 aromatic rings. The van der Waals surface area contributed by atoms with Crippen LogP contribution in [0.25, 0.3) is 0 Å². The number of hydrogen-bond acceptors (Lipinski definition) is 5. The highest BCUT2D eigenvalue weighted by molar-refractivity contribution is 5.90. The number of benzene rings is 2. The van der Waals surface area contributed by atoms with E-state index < -0.39 is 6.29 Å². The molecule has 46 heavy (non-hydrogen) atoms. The normalized spacial score (nSPS) is 39.3. The number of carbonyl (C=O) groups is 1. The van der Waals surface area contributed by atoms with Crippen LogP contribution >= 0.6 is 0 Å². The summed E-state index contributed by atoms with van der Waals surface area (Å²) in [6, 6.07) is 16.6. The lowest BCUT2D eigenvalue weighted by Gasteiger charge is -2.56. The first-order chi connectivity index (χ1) is 22.0. The number of urea groups is 1. The molecular weight excluding hydrogens is 574 g/mol. The summed E-state index contributed by atoms with van der Waals surface area (Å²) in [6.45, 7) is 9.38. The highest BCUT2D eigenvalue weighted by Gasteiger charge is 2.52. The fraction of sp³-hybridized carbons (Fsp3) is 0.667. The lowest BCUT2D eigenvalue weighted by molar-refractivity contribution is -0.253. The fourth-order valence-electron chi connectivity index (χ4n) is 11.5. The molecule has 9 rings (SSSR count). The minimum Gasteiger partial charge on any atom is -0.392 e. The zero-order chi connectivity index (χ0) is 31.7. The maximum Gasteiger partial charge on any atom is 0.319 e. The van der Waals surface area contributed by atoms with Gasteiger partial charge in [-0.1, -0.05) is 57.2 Å². The third-order valence-corrected chi connectivity index (χ3v) is 12.4. The van der Waals surface area contributed by atoms with E-state index in [1.165, 1.54) is 38.5 Å². The van der Waals surface area contributed by atoms with Gasteiger partial charge in [0.05, 0.1) is 18.8 Å². The number of rotatable bonds is 7. The summed E-state index contributed by atoms with van der Waals surface area (Å²) in [4.78, 5) is 16.1. The van der Waals surface area contributed by atoms with Gasteiger partial charge in [-0.3, -0.25) is 4.90 Å². The van der Waals surface area contributed by atoms with Crippen LogP contribution in [0.15, 0.2) is 48.5 Å². The summed E-state index contributed by atoms with van der Waals surface area (Å²) in [5.41, 5.74) is 4.40. The fourth-order valence-corrected chi connectivity index (χ4v) is 11.5. The second-order valence-electron chi connectivity index (χ2n) is 17.4. The summed E-state index contributed by atoms with van der Waals surface area (Å²) in [7, 11) is 0. The van der Waals surface area contributed by atoms with Gasteiger partial charge in [0.2, 0.25) is 0 Å². The van der Waals surface area contributed by atoms with E-state index in [0.717, 1.165) is 78.9 Å². The molecule has 7 aliphatic rings. The Kier molecular flexibility index (Phi) is 7.79. The summed E-state index contributed by atoms with van der Waals surface area (Å²) >= 11 is 0. The maximum absolute atomic E-state index is 13.4. The van der Waals surface area contributed by atoms with Gasteiger partial charge in [-0.2, -0.15) is 0 Å². The molecule has 7 nitrogen and oxygen atoms in total. The number of aliphatic hydroxyl groups is 1. The maximum atomic E-state index is 13.4. The van der Waals surface area contributed by atoms with Crippen molar-refractivity contribution in [3.05, 3.63) is 65.2 Å². The molecule has 2 unspecified atom stereocenters. The van der Waals surface area contributed by atoms with Gasteiger partial charge in [0.15, 0.2) is 6.29 Å². The van der Waals surface area contributed by atoms with E-state index in [4.69, 9.17) is 9.47 Å². The molecule has 3 N–H and O–H groups in total. The molecule has 2 aromatic carbocycles. The molecule has 0 aromatic heterocycles. The van der Waals surface area contributed by atoms with Crippen molar-refractivity contribution < 1.29 is 19.4 Å². The van der Waals surface area contributed by atoms with Crippen molar-refractivity contribution in [2.75, 3.05) is 18.4 Å². The topological polar surface area (TPSA) is 83.1 Å². The van der Waals surface area contributed by atoms with Gasteiger partial charge >= 0.3 is 6.03 Å². The molecule has 0 spiro atoms. The van der Waals surface area contributed by atoms with Crippen LogP contribution in [0.5, 0.6) is 0 Å². The summed E-state index contributed by atoms with van der Waals surface area (Å²) in [5, 5.41) is 16.2. The molecule has 5 atom stereocenters. The van der Waals surface area contributed by atoms with E-state index in [0.29, 0.717) is 16.9 Å². The van der Waals surface area contributed by atoms with Crippen molar-refractivity contribution in [2.45, 2.75) is 122 Å². The first-order valence-corrected chi connectivity index (χ1v) is 18.0. The van der Waals surface area contributed by atoms with Gasteiger partial charge in [0.1, 0.15) is 0 Å². The van der Waals surface area contributed by atoms with E-state index >= 15 is 0 Å². The lowest BCUT2D eigenvalue weighted by atomic mass is 9.53. The van der Waals surface area contributed by atoms with Gasteiger partial charge in [0.25, 0.3) is 0 Å². The quantitative estimate of drug-likeness (QED) is 0.293.